The van der Waals surface area contributed by atoms with Gasteiger partial charge in [-0.3, -0.25) is 0 Å². The van der Waals surface area contributed by atoms with Crippen LogP contribution in [0.5, 0.6) is 0 Å². The predicted molar refractivity (Wildman–Crippen MR) is 45.8 cm³/mol. The molecule has 1 aromatic heterocycles. The molecule has 1 rings (SSSR count). The number of thioether (sulfide) groups is 1. The lowest BCUT2D eigenvalue weighted by Crippen LogP contribution is -1.85. The average molecular weight is 177 g/mol. The second kappa shape index (κ2) is 4.52. The molecule has 0 saturated carbocycles. The molecular formula is C6H9ClN2S. The maximum Gasteiger partial charge on any atom is 0.187 e. The summed E-state index contributed by atoms with van der Waals surface area (Å²) in [5.41, 5.74) is 1.02. The van der Waals surface area contributed by atoms with Crippen LogP contribution >= 0.6 is 24.2 Å². The minimum Gasteiger partial charge on any atom is -0.231 e. The Morgan fingerprint density at radius 3 is 2.60 bits per heavy atom. The highest BCUT2D eigenvalue weighted by Gasteiger charge is 1.89. The van der Waals surface area contributed by atoms with Crippen molar-refractivity contribution in [2.75, 3.05) is 6.26 Å². The monoisotopic (exact) mass is 176 g/mol. The molecule has 0 aliphatic carbocycles. The Bertz CT molecular complexity index is 205. The van der Waals surface area contributed by atoms with Crippen LogP contribution in [0.25, 0.3) is 0 Å². The van der Waals surface area contributed by atoms with Crippen LogP contribution < -0.4 is 0 Å². The van der Waals surface area contributed by atoms with Crippen molar-refractivity contribution in [2.24, 2.45) is 0 Å². The third kappa shape index (κ3) is 2.54. The zero-order chi connectivity index (χ0) is 6.69. The normalized spacial score (nSPS) is 8.60. The molecule has 0 amide bonds. The Hall–Kier alpha value is -0.280. The van der Waals surface area contributed by atoms with Crippen molar-refractivity contribution in [1.29, 1.82) is 0 Å². The van der Waals surface area contributed by atoms with Gasteiger partial charge in [0.25, 0.3) is 0 Å². The van der Waals surface area contributed by atoms with Gasteiger partial charge in [0.05, 0.1) is 0 Å². The topological polar surface area (TPSA) is 25.8 Å². The number of aryl methyl sites for hydroxylation is 1. The van der Waals surface area contributed by atoms with Crippen LogP contribution in [0.1, 0.15) is 5.69 Å². The minimum absolute atomic E-state index is 0. The number of rotatable bonds is 1. The summed E-state index contributed by atoms with van der Waals surface area (Å²) in [4.78, 5) is 8.15. The Kier molecular flexibility index (Phi) is 4.40. The van der Waals surface area contributed by atoms with Crippen LogP contribution in [-0.2, 0) is 0 Å². The summed E-state index contributed by atoms with van der Waals surface area (Å²) >= 11 is 1.56. The second-order valence-corrected chi connectivity index (χ2v) is 2.46. The fraction of sp³-hybridized carbons (Fsp3) is 0.333. The zero-order valence-electron chi connectivity index (χ0n) is 5.87. The van der Waals surface area contributed by atoms with Gasteiger partial charge in [0.1, 0.15) is 0 Å². The second-order valence-electron chi connectivity index (χ2n) is 1.68. The molecule has 0 aliphatic rings. The van der Waals surface area contributed by atoms with E-state index < -0.39 is 0 Å². The quantitative estimate of drug-likeness (QED) is 0.483. The van der Waals surface area contributed by atoms with E-state index in [4.69, 9.17) is 0 Å². The van der Waals surface area contributed by atoms with Crippen LogP contribution in [-0.4, -0.2) is 16.2 Å². The standard InChI is InChI=1S/C6H8N2S.ClH/c1-5-3-4-7-6(8-5)9-2;/h3-4H,1-2H3;1H. The molecule has 1 heterocycles. The van der Waals surface area contributed by atoms with Gasteiger partial charge in [-0.05, 0) is 19.2 Å². The van der Waals surface area contributed by atoms with Gasteiger partial charge in [-0.25, -0.2) is 9.97 Å². The lowest BCUT2D eigenvalue weighted by Gasteiger charge is -1.92. The third-order valence-electron chi connectivity index (χ3n) is 0.955. The van der Waals surface area contributed by atoms with Crippen molar-refractivity contribution in [3.63, 3.8) is 0 Å². The molecule has 0 unspecified atom stereocenters. The molecule has 0 N–H and O–H groups in total. The maximum atomic E-state index is 4.14. The SMILES string of the molecule is CSc1nccc(C)n1.Cl. The van der Waals surface area contributed by atoms with Gasteiger partial charge < -0.3 is 0 Å². The Labute approximate surface area is 70.9 Å². The van der Waals surface area contributed by atoms with E-state index in [1.54, 1.807) is 18.0 Å². The van der Waals surface area contributed by atoms with Gasteiger partial charge in [0.2, 0.25) is 0 Å². The fourth-order valence-corrected chi connectivity index (χ4v) is 0.926. The van der Waals surface area contributed by atoms with Gasteiger partial charge in [0.15, 0.2) is 5.16 Å². The molecule has 0 aromatic carbocycles. The van der Waals surface area contributed by atoms with Gasteiger partial charge in [-0.15, -0.1) is 12.4 Å². The van der Waals surface area contributed by atoms with E-state index >= 15 is 0 Å². The summed E-state index contributed by atoms with van der Waals surface area (Å²) in [6.07, 6.45) is 3.74. The predicted octanol–water partition coefficient (Wildman–Crippen LogP) is 1.93. The van der Waals surface area contributed by atoms with Crippen molar-refractivity contribution in [2.45, 2.75) is 12.1 Å². The average Bonchev–Trinajstić information content (AvgIpc) is 1.88. The lowest BCUT2D eigenvalue weighted by molar-refractivity contribution is 0.935. The van der Waals surface area contributed by atoms with Gasteiger partial charge >= 0.3 is 0 Å². The van der Waals surface area contributed by atoms with Crippen LogP contribution in [0.3, 0.4) is 0 Å². The first-order valence-electron chi connectivity index (χ1n) is 2.66. The first kappa shape index (κ1) is 9.72. The molecular weight excluding hydrogens is 168 g/mol. The van der Waals surface area contributed by atoms with E-state index in [-0.39, 0.29) is 12.4 Å². The van der Waals surface area contributed by atoms with Crippen molar-refractivity contribution in [1.82, 2.24) is 9.97 Å². The molecule has 0 aliphatic heterocycles. The smallest absolute Gasteiger partial charge is 0.187 e. The van der Waals surface area contributed by atoms with Crippen molar-refractivity contribution < 1.29 is 0 Å². The summed E-state index contributed by atoms with van der Waals surface area (Å²) in [6.45, 7) is 1.96. The molecule has 0 spiro atoms. The molecule has 56 valence electrons. The van der Waals surface area contributed by atoms with Gasteiger partial charge in [-0.1, -0.05) is 11.8 Å². The molecule has 4 heteroatoms. The van der Waals surface area contributed by atoms with Crippen molar-refractivity contribution in [3.05, 3.63) is 18.0 Å². The van der Waals surface area contributed by atoms with E-state index in [1.165, 1.54) is 0 Å². The van der Waals surface area contributed by atoms with Crippen LogP contribution in [0.4, 0.5) is 0 Å². The van der Waals surface area contributed by atoms with Gasteiger partial charge in [-0.2, -0.15) is 0 Å². The molecule has 0 fully saturated rings. The highest BCUT2D eigenvalue weighted by molar-refractivity contribution is 7.98. The number of hydrogen-bond acceptors (Lipinski definition) is 3. The molecule has 1 aromatic rings. The fourth-order valence-electron chi connectivity index (χ4n) is 0.524. The number of aromatic nitrogens is 2. The minimum atomic E-state index is 0. The van der Waals surface area contributed by atoms with Crippen LogP contribution in [0, 0.1) is 6.92 Å². The van der Waals surface area contributed by atoms with E-state index in [1.807, 2.05) is 19.2 Å². The molecule has 0 bridgehead atoms. The first-order chi connectivity index (χ1) is 4.33. The summed E-state index contributed by atoms with van der Waals surface area (Å²) < 4.78 is 0. The van der Waals surface area contributed by atoms with Crippen LogP contribution in [0.15, 0.2) is 17.4 Å². The lowest BCUT2D eigenvalue weighted by atomic mass is 10.5. The first-order valence-corrected chi connectivity index (χ1v) is 3.89. The summed E-state index contributed by atoms with van der Waals surface area (Å²) in [5.74, 6) is 0. The Morgan fingerprint density at radius 2 is 2.20 bits per heavy atom. The number of nitrogens with zero attached hydrogens (tertiary/aromatic N) is 2. The molecule has 0 atom stereocenters. The Morgan fingerprint density at radius 1 is 1.50 bits per heavy atom. The van der Waals surface area contributed by atoms with E-state index in [9.17, 15) is 0 Å². The summed E-state index contributed by atoms with van der Waals surface area (Å²) in [5, 5.41) is 0.843. The maximum absolute atomic E-state index is 4.14. The highest BCUT2D eigenvalue weighted by atomic mass is 35.5. The largest absolute Gasteiger partial charge is 0.231 e. The molecule has 0 radical (unpaired) electrons. The summed E-state index contributed by atoms with van der Waals surface area (Å²) in [6, 6.07) is 1.89. The van der Waals surface area contributed by atoms with Crippen molar-refractivity contribution in [3.8, 4) is 0 Å². The zero-order valence-corrected chi connectivity index (χ0v) is 7.50. The van der Waals surface area contributed by atoms with E-state index in [0.29, 0.717) is 0 Å². The Balaban J connectivity index is 0.000000810. The molecule has 2 nitrogen and oxygen atoms in total. The molecule has 10 heavy (non-hydrogen) atoms. The van der Waals surface area contributed by atoms with Crippen molar-refractivity contribution >= 4 is 24.2 Å². The molecule has 0 saturated heterocycles. The summed E-state index contributed by atoms with van der Waals surface area (Å²) in [7, 11) is 0. The van der Waals surface area contributed by atoms with E-state index in [2.05, 4.69) is 9.97 Å². The van der Waals surface area contributed by atoms with Gasteiger partial charge in [0, 0.05) is 11.9 Å². The number of halogens is 1. The van der Waals surface area contributed by atoms with E-state index in [0.717, 1.165) is 10.9 Å². The third-order valence-corrected chi connectivity index (χ3v) is 1.52. The van der Waals surface area contributed by atoms with Crippen LogP contribution in [0.2, 0.25) is 0 Å². The number of hydrogen-bond donors (Lipinski definition) is 0. The highest BCUT2D eigenvalue weighted by Crippen LogP contribution is 2.05.